The summed E-state index contributed by atoms with van der Waals surface area (Å²) in [5, 5.41) is 0. The van der Waals surface area contributed by atoms with Crippen LogP contribution in [0.1, 0.15) is 19.3 Å². The third-order valence-electron chi connectivity index (χ3n) is 3.10. The lowest BCUT2D eigenvalue weighted by atomic mass is 10.3. The molecule has 1 saturated carbocycles. The molecule has 1 aromatic rings. The Morgan fingerprint density at radius 3 is 2.48 bits per heavy atom. The van der Waals surface area contributed by atoms with Crippen LogP contribution in [0.25, 0.3) is 0 Å². The van der Waals surface area contributed by atoms with Gasteiger partial charge in [-0.15, -0.1) is 0 Å². The van der Waals surface area contributed by atoms with Crippen molar-refractivity contribution in [3.8, 4) is 0 Å². The van der Waals surface area contributed by atoms with Crippen LogP contribution >= 0.6 is 31.9 Å². The van der Waals surface area contributed by atoms with Crippen LogP contribution in [0.4, 0.5) is 5.69 Å². The minimum atomic E-state index is -3.58. The summed E-state index contributed by atoms with van der Waals surface area (Å²) in [5.41, 5.74) is 6.15. The molecular formula is C13H18Br2N2O3S. The van der Waals surface area contributed by atoms with Gasteiger partial charge in [-0.25, -0.2) is 13.1 Å². The van der Waals surface area contributed by atoms with E-state index in [0.29, 0.717) is 34.2 Å². The van der Waals surface area contributed by atoms with Gasteiger partial charge in [0.15, 0.2) is 0 Å². The highest BCUT2D eigenvalue weighted by molar-refractivity contribution is 9.11. The Morgan fingerprint density at radius 2 is 1.90 bits per heavy atom. The van der Waals surface area contributed by atoms with Crippen molar-refractivity contribution in [1.82, 2.24) is 4.72 Å². The molecule has 0 unspecified atom stereocenters. The predicted molar refractivity (Wildman–Crippen MR) is 89.6 cm³/mol. The Morgan fingerprint density at radius 1 is 1.29 bits per heavy atom. The third-order valence-corrected chi connectivity index (χ3v) is 6.43. The van der Waals surface area contributed by atoms with Crippen LogP contribution in [0.5, 0.6) is 0 Å². The Balaban J connectivity index is 1.86. The number of hydrogen-bond donors (Lipinski definition) is 2. The van der Waals surface area contributed by atoms with Crippen molar-refractivity contribution in [3.63, 3.8) is 0 Å². The Labute approximate surface area is 141 Å². The molecule has 0 spiro atoms. The Bertz CT molecular complexity index is 580. The zero-order valence-electron chi connectivity index (χ0n) is 11.4. The molecule has 0 heterocycles. The molecule has 5 nitrogen and oxygen atoms in total. The zero-order chi connectivity index (χ0) is 15.5. The predicted octanol–water partition coefficient (Wildman–Crippen LogP) is 2.89. The average molecular weight is 442 g/mol. The number of rotatable bonds is 8. The van der Waals surface area contributed by atoms with Gasteiger partial charge in [0.1, 0.15) is 4.90 Å². The van der Waals surface area contributed by atoms with Crippen LogP contribution < -0.4 is 10.5 Å². The minimum Gasteiger partial charge on any atom is -0.399 e. The molecule has 1 aromatic carbocycles. The molecule has 1 fully saturated rings. The lowest BCUT2D eigenvalue weighted by Gasteiger charge is -2.11. The van der Waals surface area contributed by atoms with E-state index in [9.17, 15) is 8.42 Å². The Kier molecular flexibility index (Phi) is 6.07. The molecular weight excluding hydrogens is 424 g/mol. The summed E-state index contributed by atoms with van der Waals surface area (Å²) < 4.78 is 33.5. The molecule has 0 aromatic heterocycles. The molecule has 0 bridgehead atoms. The molecule has 0 radical (unpaired) electrons. The first-order chi connectivity index (χ1) is 9.90. The number of ether oxygens (including phenoxy) is 1. The minimum absolute atomic E-state index is 0.163. The third kappa shape index (κ3) is 5.21. The van der Waals surface area contributed by atoms with Gasteiger partial charge >= 0.3 is 0 Å². The van der Waals surface area contributed by atoms with Gasteiger partial charge in [0, 0.05) is 34.4 Å². The number of nitrogens with two attached hydrogens (primary N) is 1. The number of hydrogen-bond acceptors (Lipinski definition) is 4. The fourth-order valence-corrected chi connectivity index (χ4v) is 5.51. The van der Waals surface area contributed by atoms with Crippen LogP contribution in [-0.2, 0) is 14.8 Å². The van der Waals surface area contributed by atoms with Crippen LogP contribution in [-0.4, -0.2) is 28.2 Å². The highest BCUT2D eigenvalue weighted by Gasteiger charge is 2.22. The summed E-state index contributed by atoms with van der Waals surface area (Å²) in [5.74, 6) is 0.725. The second-order valence-corrected chi connectivity index (χ2v) is 8.50. The molecule has 8 heteroatoms. The zero-order valence-corrected chi connectivity index (χ0v) is 15.4. The van der Waals surface area contributed by atoms with E-state index in [-0.39, 0.29) is 4.90 Å². The average Bonchev–Trinajstić information content (AvgIpc) is 3.15. The molecule has 1 aliphatic rings. The SMILES string of the molecule is Nc1cc(Br)c(S(=O)(=O)NCCCOCC2CC2)c(Br)c1. The number of nitrogen functional groups attached to an aromatic ring is 1. The van der Waals surface area contributed by atoms with Gasteiger partial charge in [0.05, 0.1) is 0 Å². The van der Waals surface area contributed by atoms with E-state index < -0.39 is 10.0 Å². The molecule has 2 rings (SSSR count). The number of halogens is 2. The number of sulfonamides is 1. The van der Waals surface area contributed by atoms with Crippen LogP contribution in [0.2, 0.25) is 0 Å². The van der Waals surface area contributed by atoms with Crippen molar-refractivity contribution in [1.29, 1.82) is 0 Å². The van der Waals surface area contributed by atoms with E-state index >= 15 is 0 Å². The fourth-order valence-electron chi connectivity index (χ4n) is 1.82. The largest absolute Gasteiger partial charge is 0.399 e. The number of benzene rings is 1. The highest BCUT2D eigenvalue weighted by atomic mass is 79.9. The van der Waals surface area contributed by atoms with Crippen LogP contribution in [0, 0.1) is 5.92 Å². The standard InChI is InChI=1S/C13H18Br2N2O3S/c14-11-6-10(16)7-12(15)13(11)21(18,19)17-4-1-5-20-8-9-2-3-9/h6-7,9,17H,1-5,8,16H2. The van der Waals surface area contributed by atoms with Gasteiger partial charge in [-0.2, -0.15) is 0 Å². The smallest absolute Gasteiger partial charge is 0.242 e. The summed E-state index contributed by atoms with van der Waals surface area (Å²) in [6.45, 7) is 1.71. The second-order valence-electron chi connectivity index (χ2n) is 5.08. The van der Waals surface area contributed by atoms with E-state index in [1.165, 1.54) is 12.8 Å². The number of anilines is 1. The van der Waals surface area contributed by atoms with Crippen LogP contribution in [0.3, 0.4) is 0 Å². The van der Waals surface area contributed by atoms with E-state index in [2.05, 4.69) is 36.6 Å². The maximum atomic E-state index is 12.3. The van der Waals surface area contributed by atoms with Crippen molar-refractivity contribution in [2.75, 3.05) is 25.5 Å². The molecule has 3 N–H and O–H groups in total. The molecule has 1 aliphatic carbocycles. The lowest BCUT2D eigenvalue weighted by Crippen LogP contribution is -2.26. The van der Waals surface area contributed by atoms with Gasteiger partial charge in [0.2, 0.25) is 10.0 Å². The van der Waals surface area contributed by atoms with E-state index in [0.717, 1.165) is 12.5 Å². The summed E-state index contributed by atoms with van der Waals surface area (Å²) in [6.07, 6.45) is 3.16. The van der Waals surface area contributed by atoms with Gasteiger partial charge < -0.3 is 10.5 Å². The van der Waals surface area contributed by atoms with Crippen molar-refractivity contribution in [3.05, 3.63) is 21.1 Å². The molecule has 0 saturated heterocycles. The van der Waals surface area contributed by atoms with Crippen molar-refractivity contribution in [2.24, 2.45) is 5.92 Å². The van der Waals surface area contributed by atoms with Crippen molar-refractivity contribution >= 4 is 47.6 Å². The van der Waals surface area contributed by atoms with Crippen molar-refractivity contribution in [2.45, 2.75) is 24.2 Å². The molecule has 118 valence electrons. The van der Waals surface area contributed by atoms with Gasteiger partial charge in [-0.05, 0) is 69.2 Å². The molecule has 0 amide bonds. The maximum Gasteiger partial charge on any atom is 0.242 e. The molecule has 21 heavy (non-hydrogen) atoms. The number of nitrogens with one attached hydrogen (secondary N) is 1. The van der Waals surface area contributed by atoms with E-state index in [1.807, 2.05) is 0 Å². The highest BCUT2D eigenvalue weighted by Crippen LogP contribution is 2.32. The Hall–Kier alpha value is -0.150. The fraction of sp³-hybridized carbons (Fsp3) is 0.538. The van der Waals surface area contributed by atoms with E-state index in [1.54, 1.807) is 12.1 Å². The summed E-state index contributed by atoms with van der Waals surface area (Å²) >= 11 is 6.47. The topological polar surface area (TPSA) is 81.4 Å². The first-order valence-corrected chi connectivity index (χ1v) is 9.79. The van der Waals surface area contributed by atoms with Crippen molar-refractivity contribution < 1.29 is 13.2 Å². The molecule has 0 atom stereocenters. The van der Waals surface area contributed by atoms with Crippen LogP contribution in [0.15, 0.2) is 26.0 Å². The quantitative estimate of drug-likeness (QED) is 0.480. The lowest BCUT2D eigenvalue weighted by molar-refractivity contribution is 0.123. The second kappa shape index (κ2) is 7.41. The maximum absolute atomic E-state index is 12.3. The van der Waals surface area contributed by atoms with Gasteiger partial charge in [-0.3, -0.25) is 0 Å². The monoisotopic (exact) mass is 440 g/mol. The van der Waals surface area contributed by atoms with E-state index in [4.69, 9.17) is 10.5 Å². The normalized spacial score (nSPS) is 15.3. The van der Waals surface area contributed by atoms with Gasteiger partial charge in [0.25, 0.3) is 0 Å². The molecule has 0 aliphatic heterocycles. The van der Waals surface area contributed by atoms with Gasteiger partial charge in [-0.1, -0.05) is 0 Å². The first kappa shape index (κ1) is 17.2. The summed E-state index contributed by atoms with van der Waals surface area (Å²) in [4.78, 5) is 0.163. The summed E-state index contributed by atoms with van der Waals surface area (Å²) in [7, 11) is -3.58. The summed E-state index contributed by atoms with van der Waals surface area (Å²) in [6, 6.07) is 3.14. The first-order valence-electron chi connectivity index (χ1n) is 6.72.